The Bertz CT molecular complexity index is 224. The van der Waals surface area contributed by atoms with Crippen molar-refractivity contribution in [3.05, 3.63) is 5.51 Å². The molecule has 52 valence electrons. The first-order valence-corrected chi connectivity index (χ1v) is 3.63. The highest BCUT2D eigenvalue weighted by Crippen LogP contribution is 2.08. The van der Waals surface area contributed by atoms with Crippen molar-refractivity contribution in [3.63, 3.8) is 0 Å². The van der Waals surface area contributed by atoms with E-state index in [0.717, 1.165) is 0 Å². The quantitative estimate of drug-likeness (QED) is 0.686. The number of aromatic nitrogens is 2. The van der Waals surface area contributed by atoms with Crippen LogP contribution in [0.15, 0.2) is 5.51 Å². The molecule has 0 radical (unpaired) electrons. The highest BCUT2D eigenvalue weighted by Gasteiger charge is 1.99. The summed E-state index contributed by atoms with van der Waals surface area (Å²) in [6.07, 6.45) is 0. The van der Waals surface area contributed by atoms with Gasteiger partial charge in [0.25, 0.3) is 0 Å². The summed E-state index contributed by atoms with van der Waals surface area (Å²) in [6.45, 7) is 1.77. The van der Waals surface area contributed by atoms with Gasteiger partial charge in [-0.3, -0.25) is 0 Å². The van der Waals surface area contributed by atoms with Crippen molar-refractivity contribution < 1.29 is 0 Å². The molecule has 0 fully saturated rings. The predicted octanol–water partition coefficient (Wildman–Crippen LogP) is 0.862. The molecule has 1 rings (SSSR count). The molecule has 10 heavy (non-hydrogen) atoms. The maximum absolute atomic E-state index is 8.38. The molecule has 1 unspecified atom stereocenters. The minimum atomic E-state index is -0.201. The number of nitriles is 1. The first-order chi connectivity index (χ1) is 4.83. The number of hydrogen-bond acceptors (Lipinski definition) is 5. The molecule has 0 spiro atoms. The molecule has 0 aliphatic carbocycles. The van der Waals surface area contributed by atoms with E-state index in [1.807, 2.05) is 6.07 Å². The van der Waals surface area contributed by atoms with Crippen LogP contribution in [0, 0.1) is 11.3 Å². The van der Waals surface area contributed by atoms with E-state index in [1.54, 1.807) is 12.4 Å². The molecular weight excluding hydrogens is 148 g/mol. The molecule has 0 saturated heterocycles. The van der Waals surface area contributed by atoms with Crippen LogP contribution in [0.4, 0.5) is 5.13 Å². The maximum Gasteiger partial charge on any atom is 0.206 e. The van der Waals surface area contributed by atoms with Crippen LogP contribution >= 0.6 is 11.3 Å². The minimum Gasteiger partial charge on any atom is -0.345 e. The van der Waals surface area contributed by atoms with Gasteiger partial charge in [-0.2, -0.15) is 5.26 Å². The van der Waals surface area contributed by atoms with E-state index in [-0.39, 0.29) is 6.04 Å². The minimum absolute atomic E-state index is 0.201. The molecule has 1 N–H and O–H groups in total. The van der Waals surface area contributed by atoms with Crippen molar-refractivity contribution in [2.24, 2.45) is 0 Å². The number of rotatable bonds is 2. The third-order valence-electron chi connectivity index (χ3n) is 0.894. The third kappa shape index (κ3) is 1.67. The molecule has 0 aliphatic rings. The first-order valence-electron chi connectivity index (χ1n) is 2.75. The van der Waals surface area contributed by atoms with Crippen LogP contribution in [0.25, 0.3) is 0 Å². The molecule has 1 atom stereocenters. The highest BCUT2D eigenvalue weighted by atomic mass is 32.1. The Hall–Kier alpha value is -1.15. The zero-order valence-corrected chi connectivity index (χ0v) is 6.22. The van der Waals surface area contributed by atoms with E-state index >= 15 is 0 Å². The summed E-state index contributed by atoms with van der Waals surface area (Å²) in [5.74, 6) is 0. The van der Waals surface area contributed by atoms with E-state index in [9.17, 15) is 0 Å². The summed E-state index contributed by atoms with van der Waals surface area (Å²) in [5.41, 5.74) is 1.62. The Morgan fingerprint density at radius 2 is 2.70 bits per heavy atom. The zero-order chi connectivity index (χ0) is 7.40. The fraction of sp³-hybridized carbons (Fsp3) is 0.400. The fourth-order valence-electron chi connectivity index (χ4n) is 0.453. The van der Waals surface area contributed by atoms with Gasteiger partial charge in [-0.1, -0.05) is 11.3 Å². The number of nitrogens with one attached hydrogen (secondary N) is 1. The molecule has 0 aromatic carbocycles. The summed E-state index contributed by atoms with van der Waals surface area (Å²) in [6, 6.07) is 1.83. The molecule has 4 nitrogen and oxygen atoms in total. The van der Waals surface area contributed by atoms with Crippen molar-refractivity contribution in [2.75, 3.05) is 5.32 Å². The second-order valence-electron chi connectivity index (χ2n) is 1.74. The van der Waals surface area contributed by atoms with Crippen LogP contribution in [0.3, 0.4) is 0 Å². The fourth-order valence-corrected chi connectivity index (χ4v) is 0.987. The van der Waals surface area contributed by atoms with Crippen LogP contribution in [0.2, 0.25) is 0 Å². The highest BCUT2D eigenvalue weighted by molar-refractivity contribution is 7.13. The van der Waals surface area contributed by atoms with Crippen LogP contribution in [0.5, 0.6) is 0 Å². The van der Waals surface area contributed by atoms with Gasteiger partial charge in [0.1, 0.15) is 11.6 Å². The van der Waals surface area contributed by atoms with Crippen LogP contribution < -0.4 is 5.32 Å². The molecule has 0 amide bonds. The molecule has 5 heteroatoms. The number of anilines is 1. The van der Waals surface area contributed by atoms with Crippen LogP contribution in [-0.4, -0.2) is 16.2 Å². The molecule has 1 heterocycles. The van der Waals surface area contributed by atoms with Crippen molar-refractivity contribution in [1.29, 1.82) is 5.26 Å². The van der Waals surface area contributed by atoms with Gasteiger partial charge in [-0.05, 0) is 6.92 Å². The maximum atomic E-state index is 8.38. The Morgan fingerprint density at radius 1 is 1.90 bits per heavy atom. The Morgan fingerprint density at radius 3 is 3.20 bits per heavy atom. The third-order valence-corrected chi connectivity index (χ3v) is 1.52. The lowest BCUT2D eigenvalue weighted by molar-refractivity contribution is 0.980. The van der Waals surface area contributed by atoms with Crippen LogP contribution in [0.1, 0.15) is 6.92 Å². The summed E-state index contributed by atoms with van der Waals surface area (Å²) in [7, 11) is 0. The predicted molar refractivity (Wildman–Crippen MR) is 38.6 cm³/mol. The molecule has 0 bridgehead atoms. The second-order valence-corrected chi connectivity index (χ2v) is 2.57. The topological polar surface area (TPSA) is 61.6 Å². The Labute approximate surface area is 62.5 Å². The van der Waals surface area contributed by atoms with Gasteiger partial charge in [0.05, 0.1) is 6.07 Å². The van der Waals surface area contributed by atoms with E-state index < -0.39 is 0 Å². The van der Waals surface area contributed by atoms with Gasteiger partial charge in [-0.15, -0.1) is 10.2 Å². The average molecular weight is 154 g/mol. The summed E-state index contributed by atoms with van der Waals surface area (Å²) >= 11 is 1.38. The lowest BCUT2D eigenvalue weighted by atomic mass is 10.4. The standard InChI is InChI=1S/C5H6N4S/c1-4(2-6)8-5-9-7-3-10-5/h3-4H,1H3,(H,8,9). The van der Waals surface area contributed by atoms with Crippen molar-refractivity contribution >= 4 is 16.5 Å². The number of hydrogen-bond donors (Lipinski definition) is 1. The van der Waals surface area contributed by atoms with Gasteiger partial charge in [0, 0.05) is 0 Å². The second kappa shape index (κ2) is 3.13. The van der Waals surface area contributed by atoms with E-state index in [1.165, 1.54) is 11.3 Å². The molecule has 1 aromatic rings. The number of nitrogens with zero attached hydrogens (tertiary/aromatic N) is 3. The smallest absolute Gasteiger partial charge is 0.206 e. The van der Waals surface area contributed by atoms with E-state index in [2.05, 4.69) is 15.5 Å². The summed E-state index contributed by atoms with van der Waals surface area (Å²) in [4.78, 5) is 0. The van der Waals surface area contributed by atoms with Gasteiger partial charge < -0.3 is 5.32 Å². The monoisotopic (exact) mass is 154 g/mol. The van der Waals surface area contributed by atoms with Crippen molar-refractivity contribution in [3.8, 4) is 6.07 Å². The van der Waals surface area contributed by atoms with Gasteiger partial charge in [0.15, 0.2) is 0 Å². The van der Waals surface area contributed by atoms with Crippen molar-refractivity contribution in [1.82, 2.24) is 10.2 Å². The van der Waals surface area contributed by atoms with Gasteiger partial charge in [0.2, 0.25) is 5.13 Å². The zero-order valence-electron chi connectivity index (χ0n) is 5.40. The van der Waals surface area contributed by atoms with Crippen LogP contribution in [-0.2, 0) is 0 Å². The van der Waals surface area contributed by atoms with Crippen molar-refractivity contribution in [2.45, 2.75) is 13.0 Å². The Kier molecular flexibility index (Phi) is 2.18. The van der Waals surface area contributed by atoms with E-state index in [4.69, 9.17) is 5.26 Å². The normalized spacial score (nSPS) is 12.0. The first kappa shape index (κ1) is 6.96. The van der Waals surface area contributed by atoms with Gasteiger partial charge in [-0.25, -0.2) is 0 Å². The molecule has 0 saturated carbocycles. The van der Waals surface area contributed by atoms with Gasteiger partial charge >= 0.3 is 0 Å². The molecule has 0 aliphatic heterocycles. The lowest BCUT2D eigenvalue weighted by Crippen LogP contribution is -2.11. The molecule has 1 aromatic heterocycles. The summed E-state index contributed by atoms with van der Waals surface area (Å²) < 4.78 is 0. The largest absolute Gasteiger partial charge is 0.345 e. The summed E-state index contributed by atoms with van der Waals surface area (Å²) in [5, 5.41) is 19.2. The van der Waals surface area contributed by atoms with E-state index in [0.29, 0.717) is 5.13 Å². The lowest BCUT2D eigenvalue weighted by Gasteiger charge is -1.99. The molecular formula is C5H6N4S. The Balaban J connectivity index is 2.50. The SMILES string of the molecule is CC(C#N)Nc1nncs1. The average Bonchev–Trinajstić information content (AvgIpc) is 2.40.